The van der Waals surface area contributed by atoms with Crippen molar-refractivity contribution in [2.75, 3.05) is 32.8 Å². The fraction of sp³-hybridized carbons (Fsp3) is 0.857. The lowest BCUT2D eigenvalue weighted by Crippen LogP contribution is -2.33. The first-order valence-corrected chi connectivity index (χ1v) is 3.97. The SMILES string of the molecule is [O]CCC(=O)NCCNCCO. The second-order valence-corrected chi connectivity index (χ2v) is 2.28. The van der Waals surface area contributed by atoms with E-state index in [-0.39, 0.29) is 25.5 Å². The molecule has 0 aliphatic rings. The molecule has 5 heteroatoms. The van der Waals surface area contributed by atoms with E-state index >= 15 is 0 Å². The number of aliphatic hydroxyl groups is 1. The van der Waals surface area contributed by atoms with E-state index in [9.17, 15) is 9.90 Å². The predicted molar refractivity (Wildman–Crippen MR) is 43.1 cm³/mol. The van der Waals surface area contributed by atoms with Crippen LogP contribution in [0.25, 0.3) is 0 Å². The molecule has 0 saturated carbocycles. The number of hydrogen-bond donors (Lipinski definition) is 3. The van der Waals surface area contributed by atoms with Crippen LogP contribution < -0.4 is 10.6 Å². The monoisotopic (exact) mass is 175 g/mol. The van der Waals surface area contributed by atoms with Gasteiger partial charge >= 0.3 is 0 Å². The summed E-state index contributed by atoms with van der Waals surface area (Å²) >= 11 is 0. The topological polar surface area (TPSA) is 81.3 Å². The van der Waals surface area contributed by atoms with E-state index in [4.69, 9.17) is 5.11 Å². The third kappa shape index (κ3) is 7.46. The van der Waals surface area contributed by atoms with Crippen molar-refractivity contribution in [3.05, 3.63) is 0 Å². The molecule has 0 aromatic rings. The van der Waals surface area contributed by atoms with Gasteiger partial charge in [-0.15, -0.1) is 0 Å². The Balaban J connectivity index is 3.03. The molecule has 71 valence electrons. The van der Waals surface area contributed by atoms with Crippen molar-refractivity contribution in [2.45, 2.75) is 6.42 Å². The van der Waals surface area contributed by atoms with E-state index in [0.717, 1.165) is 0 Å². The van der Waals surface area contributed by atoms with Gasteiger partial charge in [0.2, 0.25) is 5.91 Å². The number of carbonyl (C=O) groups excluding carboxylic acids is 1. The molecule has 0 rings (SSSR count). The van der Waals surface area contributed by atoms with Crippen molar-refractivity contribution < 1.29 is 15.0 Å². The Bertz CT molecular complexity index is 119. The Morgan fingerprint density at radius 2 is 2.00 bits per heavy atom. The molecule has 1 radical (unpaired) electrons. The average molecular weight is 175 g/mol. The molecule has 0 aliphatic heterocycles. The van der Waals surface area contributed by atoms with Crippen molar-refractivity contribution in [2.24, 2.45) is 0 Å². The van der Waals surface area contributed by atoms with Gasteiger partial charge in [-0.2, -0.15) is 0 Å². The Morgan fingerprint density at radius 3 is 2.58 bits per heavy atom. The first kappa shape index (κ1) is 11.4. The summed E-state index contributed by atoms with van der Waals surface area (Å²) in [5.74, 6) is -0.212. The van der Waals surface area contributed by atoms with Crippen molar-refractivity contribution in [1.82, 2.24) is 10.6 Å². The van der Waals surface area contributed by atoms with E-state index in [1.807, 2.05) is 0 Å². The van der Waals surface area contributed by atoms with Gasteiger partial charge in [0.25, 0.3) is 0 Å². The summed E-state index contributed by atoms with van der Waals surface area (Å²) in [6.07, 6.45) is 0.0417. The van der Waals surface area contributed by atoms with Gasteiger partial charge in [-0.1, -0.05) is 0 Å². The molecule has 12 heavy (non-hydrogen) atoms. The third-order valence-electron chi connectivity index (χ3n) is 1.24. The van der Waals surface area contributed by atoms with Gasteiger partial charge in [0, 0.05) is 19.6 Å². The van der Waals surface area contributed by atoms with Gasteiger partial charge in [-0.25, -0.2) is 5.11 Å². The highest BCUT2D eigenvalue weighted by atomic mass is 16.3. The minimum Gasteiger partial charge on any atom is -0.395 e. The summed E-state index contributed by atoms with van der Waals surface area (Å²) in [6.45, 7) is 1.37. The summed E-state index contributed by atoms with van der Waals surface area (Å²) in [5.41, 5.74) is 0. The van der Waals surface area contributed by atoms with Crippen LogP contribution in [0.2, 0.25) is 0 Å². The second-order valence-electron chi connectivity index (χ2n) is 2.28. The van der Waals surface area contributed by atoms with Gasteiger partial charge < -0.3 is 15.7 Å². The van der Waals surface area contributed by atoms with E-state index in [1.54, 1.807) is 0 Å². The zero-order valence-electron chi connectivity index (χ0n) is 7.01. The predicted octanol–water partition coefficient (Wildman–Crippen LogP) is -1.49. The number of aliphatic hydroxyl groups excluding tert-OH is 1. The van der Waals surface area contributed by atoms with E-state index in [2.05, 4.69) is 10.6 Å². The lowest BCUT2D eigenvalue weighted by Gasteiger charge is -2.03. The van der Waals surface area contributed by atoms with Crippen LogP contribution in [0, 0.1) is 0 Å². The summed E-state index contributed by atoms with van der Waals surface area (Å²) in [5, 5.41) is 23.8. The molecular formula is C7H15N2O3. The largest absolute Gasteiger partial charge is 0.395 e. The van der Waals surface area contributed by atoms with E-state index in [1.165, 1.54) is 0 Å². The highest BCUT2D eigenvalue weighted by Crippen LogP contribution is 1.74. The molecular weight excluding hydrogens is 160 g/mol. The molecule has 0 atom stereocenters. The zero-order valence-corrected chi connectivity index (χ0v) is 7.01. The van der Waals surface area contributed by atoms with Gasteiger partial charge in [0.05, 0.1) is 19.6 Å². The molecule has 0 unspecified atom stereocenters. The minimum atomic E-state index is -0.365. The fourth-order valence-electron chi connectivity index (χ4n) is 0.675. The van der Waals surface area contributed by atoms with Gasteiger partial charge in [-0.3, -0.25) is 4.79 Å². The number of amides is 1. The highest BCUT2D eigenvalue weighted by molar-refractivity contribution is 5.75. The lowest BCUT2D eigenvalue weighted by atomic mass is 10.4. The van der Waals surface area contributed by atoms with Crippen molar-refractivity contribution in [1.29, 1.82) is 0 Å². The molecule has 0 bridgehead atoms. The summed E-state index contributed by atoms with van der Waals surface area (Å²) in [7, 11) is 0. The standard InChI is InChI=1S/C7H15N2O3/c10-5-1-7(12)9-3-2-8-4-6-11/h8,11H,1-6H2,(H,9,12). The summed E-state index contributed by atoms with van der Waals surface area (Å²) < 4.78 is 0. The Morgan fingerprint density at radius 1 is 1.25 bits per heavy atom. The molecule has 0 heterocycles. The maximum absolute atomic E-state index is 10.7. The van der Waals surface area contributed by atoms with Crippen LogP contribution in [-0.2, 0) is 9.90 Å². The number of carbonyl (C=O) groups is 1. The average Bonchev–Trinajstić information content (AvgIpc) is 2.05. The lowest BCUT2D eigenvalue weighted by molar-refractivity contribution is -0.122. The number of hydrogen-bond acceptors (Lipinski definition) is 3. The molecule has 1 amide bonds. The van der Waals surface area contributed by atoms with Crippen molar-refractivity contribution in [3.63, 3.8) is 0 Å². The van der Waals surface area contributed by atoms with E-state index < -0.39 is 0 Å². The Hall–Kier alpha value is -0.650. The van der Waals surface area contributed by atoms with Crippen LogP contribution in [0.15, 0.2) is 0 Å². The molecule has 5 nitrogen and oxygen atoms in total. The second kappa shape index (κ2) is 8.45. The van der Waals surface area contributed by atoms with E-state index in [0.29, 0.717) is 19.6 Å². The zero-order chi connectivity index (χ0) is 9.23. The third-order valence-corrected chi connectivity index (χ3v) is 1.24. The highest BCUT2D eigenvalue weighted by Gasteiger charge is 1.97. The normalized spacial score (nSPS) is 9.83. The maximum atomic E-state index is 10.7. The molecule has 0 saturated heterocycles. The molecule has 0 aromatic heterocycles. The van der Waals surface area contributed by atoms with Gasteiger partial charge in [-0.05, 0) is 0 Å². The van der Waals surface area contributed by atoms with Crippen LogP contribution >= 0.6 is 0 Å². The van der Waals surface area contributed by atoms with Gasteiger partial charge in [0.15, 0.2) is 0 Å². The molecule has 0 aliphatic carbocycles. The maximum Gasteiger partial charge on any atom is 0.222 e. The molecule has 3 N–H and O–H groups in total. The first-order chi connectivity index (χ1) is 5.81. The molecule has 0 aromatic carbocycles. The molecule has 0 spiro atoms. The first-order valence-electron chi connectivity index (χ1n) is 3.97. The van der Waals surface area contributed by atoms with Crippen LogP contribution in [0.5, 0.6) is 0 Å². The number of nitrogens with one attached hydrogen (secondary N) is 2. The number of rotatable bonds is 7. The van der Waals surface area contributed by atoms with Crippen molar-refractivity contribution in [3.8, 4) is 0 Å². The minimum absolute atomic E-state index is 0.0417. The Kier molecular flexibility index (Phi) is 7.99. The quantitative estimate of drug-likeness (QED) is 0.412. The van der Waals surface area contributed by atoms with Crippen LogP contribution in [0.1, 0.15) is 6.42 Å². The van der Waals surface area contributed by atoms with Crippen molar-refractivity contribution >= 4 is 5.91 Å². The summed E-state index contributed by atoms with van der Waals surface area (Å²) in [4.78, 5) is 10.7. The van der Waals surface area contributed by atoms with Crippen LogP contribution in [0.4, 0.5) is 0 Å². The summed E-state index contributed by atoms with van der Waals surface area (Å²) in [6, 6.07) is 0. The van der Waals surface area contributed by atoms with Crippen LogP contribution in [-0.4, -0.2) is 43.9 Å². The smallest absolute Gasteiger partial charge is 0.222 e. The van der Waals surface area contributed by atoms with Crippen LogP contribution in [0.3, 0.4) is 0 Å². The molecule has 0 fully saturated rings. The Labute approximate surface area is 71.8 Å². The fourth-order valence-corrected chi connectivity index (χ4v) is 0.675. The van der Waals surface area contributed by atoms with Gasteiger partial charge in [0.1, 0.15) is 0 Å².